The lowest BCUT2D eigenvalue weighted by molar-refractivity contribution is -0.131. The molecule has 4 heteroatoms. The third-order valence-electron chi connectivity index (χ3n) is 5.17. The van der Waals surface area contributed by atoms with E-state index in [2.05, 4.69) is 12.0 Å². The van der Waals surface area contributed by atoms with Crippen LogP contribution in [0.3, 0.4) is 0 Å². The Bertz CT molecular complexity index is 482. The molecule has 0 spiro atoms. The Hall–Kier alpha value is -1.32. The molecule has 1 amide bonds. The van der Waals surface area contributed by atoms with E-state index in [1.54, 1.807) is 0 Å². The Labute approximate surface area is 121 Å². The molecule has 2 fully saturated rings. The Morgan fingerprint density at radius 3 is 2.90 bits per heavy atom. The largest absolute Gasteiger partial charge is 0.340 e. The van der Waals surface area contributed by atoms with E-state index in [1.807, 2.05) is 28.9 Å². The lowest BCUT2D eigenvalue weighted by Crippen LogP contribution is -2.29. The van der Waals surface area contributed by atoms with Crippen LogP contribution < -0.4 is 0 Å². The minimum absolute atomic E-state index is 0.286. The summed E-state index contributed by atoms with van der Waals surface area (Å²) in [5.41, 5.74) is 0.982. The predicted octanol–water partition coefficient (Wildman–Crippen LogP) is 2.69. The maximum Gasteiger partial charge on any atom is 0.222 e. The first-order chi connectivity index (χ1) is 9.65. The fraction of sp³-hybridized carbons (Fsp3) is 0.750. The molecule has 0 radical (unpaired) electrons. The van der Waals surface area contributed by atoms with E-state index in [0.29, 0.717) is 12.5 Å². The molecule has 110 valence electrons. The molecule has 20 heavy (non-hydrogen) atoms. The number of aryl methyl sites for hydroxylation is 1. The van der Waals surface area contributed by atoms with Crippen LogP contribution in [-0.2, 0) is 17.9 Å². The predicted molar refractivity (Wildman–Crippen MR) is 77.9 cm³/mol. The summed E-state index contributed by atoms with van der Waals surface area (Å²) in [6.45, 7) is 3.58. The highest BCUT2D eigenvalue weighted by Gasteiger charge is 2.40. The fourth-order valence-electron chi connectivity index (χ4n) is 4.00. The minimum atomic E-state index is 0.286. The van der Waals surface area contributed by atoms with Gasteiger partial charge in [-0.25, -0.2) is 0 Å². The molecular formula is C16H25N3O. The molecule has 3 atom stereocenters. The highest BCUT2D eigenvalue weighted by atomic mass is 16.2. The maximum atomic E-state index is 12.3. The summed E-state index contributed by atoms with van der Waals surface area (Å²) in [7, 11) is 1.90. The summed E-state index contributed by atoms with van der Waals surface area (Å²) < 4.78 is 1.91. The smallest absolute Gasteiger partial charge is 0.222 e. The van der Waals surface area contributed by atoms with E-state index in [1.165, 1.54) is 25.7 Å². The van der Waals surface area contributed by atoms with Gasteiger partial charge in [-0.3, -0.25) is 9.48 Å². The Morgan fingerprint density at radius 1 is 1.45 bits per heavy atom. The highest BCUT2D eigenvalue weighted by Crippen LogP contribution is 2.49. The van der Waals surface area contributed by atoms with Crippen molar-refractivity contribution in [1.29, 1.82) is 0 Å². The SMILES string of the molecule is CCn1ccc(CN(C)C(=O)CC2CC3CCC2C3)n1. The third-order valence-corrected chi connectivity index (χ3v) is 5.17. The van der Waals surface area contributed by atoms with Crippen LogP contribution in [0.15, 0.2) is 12.3 Å². The van der Waals surface area contributed by atoms with Crippen molar-refractivity contribution in [3.63, 3.8) is 0 Å². The number of hydrogen-bond donors (Lipinski definition) is 0. The van der Waals surface area contributed by atoms with Gasteiger partial charge in [0.1, 0.15) is 0 Å². The van der Waals surface area contributed by atoms with Gasteiger partial charge in [0.05, 0.1) is 12.2 Å². The van der Waals surface area contributed by atoms with E-state index in [9.17, 15) is 4.79 Å². The van der Waals surface area contributed by atoms with Crippen LogP contribution in [0.5, 0.6) is 0 Å². The molecule has 3 rings (SSSR count). The number of aromatic nitrogens is 2. The molecule has 2 aliphatic carbocycles. The fourth-order valence-corrected chi connectivity index (χ4v) is 4.00. The van der Waals surface area contributed by atoms with Crippen molar-refractivity contribution in [1.82, 2.24) is 14.7 Å². The van der Waals surface area contributed by atoms with E-state index >= 15 is 0 Å². The molecule has 0 aromatic carbocycles. The Morgan fingerprint density at radius 2 is 2.30 bits per heavy atom. The molecule has 2 aliphatic rings. The number of nitrogens with zero attached hydrogens (tertiary/aromatic N) is 3. The average molecular weight is 275 g/mol. The van der Waals surface area contributed by atoms with Gasteiger partial charge in [0.2, 0.25) is 5.91 Å². The van der Waals surface area contributed by atoms with Crippen molar-refractivity contribution >= 4 is 5.91 Å². The van der Waals surface area contributed by atoms with Crippen molar-refractivity contribution in [2.24, 2.45) is 17.8 Å². The van der Waals surface area contributed by atoms with Crippen molar-refractivity contribution in [2.45, 2.75) is 52.1 Å². The van der Waals surface area contributed by atoms with Gasteiger partial charge in [0, 0.05) is 26.2 Å². The number of carbonyl (C=O) groups excluding carboxylic acids is 1. The number of carbonyl (C=O) groups is 1. The normalized spacial score (nSPS) is 28.0. The van der Waals surface area contributed by atoms with Crippen LogP contribution in [0, 0.1) is 17.8 Å². The highest BCUT2D eigenvalue weighted by molar-refractivity contribution is 5.76. The van der Waals surface area contributed by atoms with E-state index < -0.39 is 0 Å². The average Bonchev–Trinajstić information content (AvgIpc) is 3.14. The second-order valence-electron chi connectivity index (χ2n) is 6.55. The molecule has 0 aliphatic heterocycles. The molecule has 1 aromatic rings. The molecule has 1 heterocycles. The van der Waals surface area contributed by atoms with Crippen LogP contribution in [0.4, 0.5) is 0 Å². The van der Waals surface area contributed by atoms with Gasteiger partial charge in [0.25, 0.3) is 0 Å². The molecule has 4 nitrogen and oxygen atoms in total. The zero-order valence-electron chi connectivity index (χ0n) is 12.6. The second kappa shape index (κ2) is 5.58. The quantitative estimate of drug-likeness (QED) is 0.828. The summed E-state index contributed by atoms with van der Waals surface area (Å²) in [6.07, 6.45) is 8.14. The van der Waals surface area contributed by atoms with Gasteiger partial charge in [-0.05, 0) is 50.0 Å². The van der Waals surface area contributed by atoms with Gasteiger partial charge >= 0.3 is 0 Å². The van der Waals surface area contributed by atoms with Crippen molar-refractivity contribution < 1.29 is 4.79 Å². The number of hydrogen-bond acceptors (Lipinski definition) is 2. The first kappa shape index (κ1) is 13.7. The topological polar surface area (TPSA) is 38.1 Å². The molecule has 2 bridgehead atoms. The molecule has 2 saturated carbocycles. The second-order valence-corrected chi connectivity index (χ2v) is 6.55. The molecular weight excluding hydrogens is 250 g/mol. The molecule has 3 unspecified atom stereocenters. The van der Waals surface area contributed by atoms with Crippen molar-refractivity contribution in [2.75, 3.05) is 7.05 Å². The van der Waals surface area contributed by atoms with Crippen molar-refractivity contribution in [3.05, 3.63) is 18.0 Å². The standard InChI is InChI=1S/C16H25N3O/c1-3-19-7-6-15(17-19)11-18(2)16(20)10-14-9-12-4-5-13(14)8-12/h6-7,12-14H,3-5,8-11H2,1-2H3. The van der Waals surface area contributed by atoms with E-state index in [4.69, 9.17) is 0 Å². The molecule has 0 saturated heterocycles. The van der Waals surface area contributed by atoms with Crippen molar-refractivity contribution in [3.8, 4) is 0 Å². The Kier molecular flexibility index (Phi) is 3.81. The molecule has 1 aromatic heterocycles. The lowest BCUT2D eigenvalue weighted by atomic mass is 9.86. The number of fused-ring (bicyclic) bond motifs is 2. The zero-order valence-corrected chi connectivity index (χ0v) is 12.6. The Balaban J connectivity index is 1.51. The van der Waals surface area contributed by atoms with Gasteiger partial charge < -0.3 is 4.90 Å². The summed E-state index contributed by atoms with van der Waals surface area (Å²) in [5.74, 6) is 2.69. The summed E-state index contributed by atoms with van der Waals surface area (Å²) in [6, 6.07) is 2.00. The zero-order chi connectivity index (χ0) is 14.1. The van der Waals surface area contributed by atoms with Crippen LogP contribution >= 0.6 is 0 Å². The van der Waals surface area contributed by atoms with E-state index in [-0.39, 0.29) is 5.91 Å². The van der Waals surface area contributed by atoms with Gasteiger partial charge in [-0.1, -0.05) is 6.42 Å². The summed E-state index contributed by atoms with van der Waals surface area (Å²) in [5, 5.41) is 4.44. The maximum absolute atomic E-state index is 12.3. The molecule has 0 N–H and O–H groups in total. The summed E-state index contributed by atoms with van der Waals surface area (Å²) in [4.78, 5) is 14.2. The van der Waals surface area contributed by atoms with Crippen LogP contribution in [0.2, 0.25) is 0 Å². The van der Waals surface area contributed by atoms with Crippen LogP contribution in [-0.4, -0.2) is 27.6 Å². The van der Waals surface area contributed by atoms with Gasteiger partial charge in [0.15, 0.2) is 0 Å². The summed E-state index contributed by atoms with van der Waals surface area (Å²) >= 11 is 0. The number of amides is 1. The minimum Gasteiger partial charge on any atom is -0.340 e. The first-order valence-corrected chi connectivity index (χ1v) is 7.92. The first-order valence-electron chi connectivity index (χ1n) is 7.92. The van der Waals surface area contributed by atoms with Crippen LogP contribution in [0.1, 0.15) is 44.7 Å². The van der Waals surface area contributed by atoms with Crippen LogP contribution in [0.25, 0.3) is 0 Å². The number of rotatable bonds is 5. The third kappa shape index (κ3) is 2.74. The van der Waals surface area contributed by atoms with Gasteiger partial charge in [-0.15, -0.1) is 0 Å². The monoisotopic (exact) mass is 275 g/mol. The lowest BCUT2D eigenvalue weighted by Gasteiger charge is -2.24. The van der Waals surface area contributed by atoms with E-state index in [0.717, 1.165) is 30.5 Å². The van der Waals surface area contributed by atoms with Gasteiger partial charge in [-0.2, -0.15) is 5.10 Å².